The Morgan fingerprint density at radius 2 is 0.875 bits per heavy atom. The Bertz CT molecular complexity index is 297. The molecule has 0 aromatic rings. The van der Waals surface area contributed by atoms with Gasteiger partial charge in [0.25, 0.3) is 0 Å². The minimum absolute atomic E-state index is 1.23. The van der Waals surface area contributed by atoms with Crippen LogP contribution in [0.4, 0.5) is 0 Å². The van der Waals surface area contributed by atoms with Crippen molar-refractivity contribution in [3.05, 3.63) is 0 Å². The van der Waals surface area contributed by atoms with Crippen molar-refractivity contribution in [1.82, 2.24) is 0 Å². The van der Waals surface area contributed by atoms with Crippen molar-refractivity contribution in [2.75, 3.05) is 27.2 Å². The third-order valence-electron chi connectivity index (χ3n) is 4.23. The second kappa shape index (κ2) is 16.5. The predicted octanol–water partition coefficient (Wildman–Crippen LogP) is 4.86. The molecule has 24 heavy (non-hydrogen) atoms. The van der Waals surface area contributed by atoms with Crippen molar-refractivity contribution in [3.63, 3.8) is 0 Å². The van der Waals surface area contributed by atoms with Crippen LogP contribution in [0.5, 0.6) is 0 Å². The molecule has 6 heteroatoms. The van der Waals surface area contributed by atoms with Gasteiger partial charge in [-0.1, -0.05) is 65.2 Å². The summed E-state index contributed by atoms with van der Waals surface area (Å²) in [7, 11) is 0.167. The number of hydrogen-bond acceptors (Lipinski definition) is 1. The summed E-state index contributed by atoms with van der Waals surface area (Å²) in [6, 6.07) is 0. The van der Waals surface area contributed by atoms with Crippen LogP contribution in [0.2, 0.25) is 0 Å². The van der Waals surface area contributed by atoms with Gasteiger partial charge in [0, 0.05) is 0 Å². The number of rotatable bonds is 14. The summed E-state index contributed by atoms with van der Waals surface area (Å²) in [5, 5.41) is 0. The van der Waals surface area contributed by atoms with E-state index in [2.05, 4.69) is 27.9 Å². The number of nitrogens with zero attached hydrogens (tertiary/aromatic N) is 1. The van der Waals surface area contributed by atoms with E-state index >= 15 is 0 Å². The lowest BCUT2D eigenvalue weighted by molar-refractivity contribution is -0.890. The molecule has 0 spiro atoms. The van der Waals surface area contributed by atoms with Gasteiger partial charge in [0.05, 0.1) is 27.2 Å². The van der Waals surface area contributed by atoms with Gasteiger partial charge in [-0.25, -0.2) is 4.57 Å². The zero-order chi connectivity index (χ0) is 18.9. The summed E-state index contributed by atoms with van der Waals surface area (Å²) in [6.45, 7) is 7.32. The van der Waals surface area contributed by atoms with E-state index in [4.69, 9.17) is 19.2 Å². The Morgan fingerprint density at radius 1 is 0.625 bits per heavy atom. The van der Waals surface area contributed by atoms with E-state index in [1.54, 1.807) is 0 Å². The molecule has 0 bridgehead atoms. The van der Waals surface area contributed by atoms with Gasteiger partial charge in [-0.2, -0.15) is 0 Å². The maximum Gasteiger partial charge on any atom is 0.466 e. The van der Waals surface area contributed by atoms with Gasteiger partial charge in [0.15, 0.2) is 0 Å². The fraction of sp³-hybridized carbons (Fsp3) is 1.00. The monoisotopic (exact) mass is 368 g/mol. The molecule has 0 heterocycles. The zero-order valence-corrected chi connectivity index (χ0v) is 17.4. The molecular formula is C18H43NO4P+. The summed E-state index contributed by atoms with van der Waals surface area (Å²) in [6.07, 6.45) is 17.1. The maximum absolute atomic E-state index is 8.88. The van der Waals surface area contributed by atoms with Crippen LogP contribution >= 0.6 is 7.82 Å². The minimum Gasteiger partial charge on any atom is -0.328 e. The second-order valence-corrected chi connectivity index (χ2v) is 8.46. The van der Waals surface area contributed by atoms with Gasteiger partial charge >= 0.3 is 7.82 Å². The molecule has 0 aliphatic heterocycles. The molecule has 0 unspecified atom stereocenters. The van der Waals surface area contributed by atoms with Crippen LogP contribution in [0.15, 0.2) is 0 Å². The highest BCUT2D eigenvalue weighted by atomic mass is 31.2. The molecule has 0 atom stereocenters. The first-order valence-electron chi connectivity index (χ1n) is 9.72. The van der Waals surface area contributed by atoms with Gasteiger partial charge in [0.2, 0.25) is 0 Å². The molecule has 5 nitrogen and oxygen atoms in total. The Balaban J connectivity index is 0. The van der Waals surface area contributed by atoms with E-state index in [1.807, 2.05) is 0 Å². The number of quaternary nitrogens is 1. The van der Waals surface area contributed by atoms with Gasteiger partial charge in [-0.15, -0.1) is 0 Å². The van der Waals surface area contributed by atoms with Crippen LogP contribution in [0.25, 0.3) is 0 Å². The quantitative estimate of drug-likeness (QED) is 0.232. The largest absolute Gasteiger partial charge is 0.466 e. The molecule has 0 radical (unpaired) electrons. The van der Waals surface area contributed by atoms with Crippen molar-refractivity contribution in [2.24, 2.45) is 0 Å². The molecule has 0 fully saturated rings. The van der Waals surface area contributed by atoms with E-state index in [0.717, 1.165) is 0 Å². The summed E-state index contributed by atoms with van der Waals surface area (Å²) in [5.41, 5.74) is 0. The first kappa shape index (κ1) is 26.3. The molecule has 3 N–H and O–H groups in total. The SMILES string of the molecule is CCCCCCCCCCC[N+](C)(C)CCCCC.O=P(O)(O)O. The third kappa shape index (κ3) is 30.0. The third-order valence-corrected chi connectivity index (χ3v) is 4.23. The molecule has 148 valence electrons. The van der Waals surface area contributed by atoms with E-state index in [-0.39, 0.29) is 0 Å². The Morgan fingerprint density at radius 3 is 1.25 bits per heavy atom. The number of hydrogen-bond donors (Lipinski definition) is 3. The molecule has 0 saturated heterocycles. The highest BCUT2D eigenvalue weighted by Crippen LogP contribution is 2.25. The van der Waals surface area contributed by atoms with Crippen LogP contribution < -0.4 is 0 Å². The molecule has 0 aliphatic rings. The van der Waals surface area contributed by atoms with Crippen molar-refractivity contribution < 1.29 is 23.7 Å². The standard InChI is InChI=1S/C18H40N.H3O4P/c1-5-7-9-10-11-12-13-14-16-18-19(3,4)17-15-8-6-2;1-5(2,3)4/h5-18H2,1-4H3;(H3,1,2,3,4)/q+1;. The van der Waals surface area contributed by atoms with Crippen LogP contribution in [-0.2, 0) is 4.57 Å². The smallest absolute Gasteiger partial charge is 0.328 e. The minimum atomic E-state index is -4.64. The van der Waals surface area contributed by atoms with Crippen molar-refractivity contribution >= 4 is 7.82 Å². The van der Waals surface area contributed by atoms with Crippen LogP contribution in [0, 0.1) is 0 Å². The lowest BCUT2D eigenvalue weighted by Gasteiger charge is -2.29. The topological polar surface area (TPSA) is 77.8 Å². The number of phosphoric acid groups is 1. The van der Waals surface area contributed by atoms with Crippen LogP contribution in [-0.4, -0.2) is 46.3 Å². The van der Waals surface area contributed by atoms with Gasteiger partial charge < -0.3 is 19.2 Å². The molecule has 0 amide bonds. The number of unbranched alkanes of at least 4 members (excludes halogenated alkanes) is 10. The zero-order valence-electron chi connectivity index (χ0n) is 16.5. The van der Waals surface area contributed by atoms with Crippen LogP contribution in [0.1, 0.15) is 90.9 Å². The fourth-order valence-electron chi connectivity index (χ4n) is 2.75. The fourth-order valence-corrected chi connectivity index (χ4v) is 2.75. The molecular weight excluding hydrogens is 325 g/mol. The summed E-state index contributed by atoms with van der Waals surface area (Å²) >= 11 is 0. The van der Waals surface area contributed by atoms with Gasteiger partial charge in [-0.05, 0) is 25.7 Å². The second-order valence-electron chi connectivity index (χ2n) is 7.43. The van der Waals surface area contributed by atoms with E-state index < -0.39 is 7.82 Å². The van der Waals surface area contributed by atoms with E-state index in [0.29, 0.717) is 0 Å². The maximum atomic E-state index is 8.88. The Labute approximate surface area is 150 Å². The van der Waals surface area contributed by atoms with Gasteiger partial charge in [0.1, 0.15) is 0 Å². The molecule has 0 aromatic heterocycles. The first-order chi connectivity index (χ1) is 11.1. The highest BCUT2D eigenvalue weighted by molar-refractivity contribution is 7.45. The summed E-state index contributed by atoms with van der Waals surface area (Å²) in [5.74, 6) is 0. The van der Waals surface area contributed by atoms with Crippen molar-refractivity contribution in [1.29, 1.82) is 0 Å². The summed E-state index contributed by atoms with van der Waals surface area (Å²) < 4.78 is 10.1. The molecule has 0 aliphatic carbocycles. The van der Waals surface area contributed by atoms with Gasteiger partial charge in [-0.3, -0.25) is 0 Å². The van der Waals surface area contributed by atoms with Crippen LogP contribution in [0.3, 0.4) is 0 Å². The van der Waals surface area contributed by atoms with Crippen molar-refractivity contribution in [3.8, 4) is 0 Å². The lowest BCUT2D eigenvalue weighted by atomic mass is 10.1. The molecule has 0 rings (SSSR count). The molecule has 0 aromatic carbocycles. The average Bonchev–Trinajstić information content (AvgIpc) is 2.44. The predicted molar refractivity (Wildman–Crippen MR) is 103 cm³/mol. The molecule has 0 saturated carbocycles. The van der Waals surface area contributed by atoms with E-state index in [9.17, 15) is 0 Å². The normalized spacial score (nSPS) is 12.0. The van der Waals surface area contributed by atoms with E-state index in [1.165, 1.54) is 94.6 Å². The first-order valence-corrected chi connectivity index (χ1v) is 11.3. The Kier molecular flexibility index (Phi) is 18.1. The lowest BCUT2D eigenvalue weighted by Crippen LogP contribution is -2.41. The highest BCUT2D eigenvalue weighted by Gasteiger charge is 2.13. The Hall–Kier alpha value is 0.0700. The summed E-state index contributed by atoms with van der Waals surface area (Å²) in [4.78, 5) is 21.6. The average molecular weight is 369 g/mol. The van der Waals surface area contributed by atoms with Crippen molar-refractivity contribution in [2.45, 2.75) is 90.9 Å².